The number of anilines is 2. The van der Waals surface area contributed by atoms with Gasteiger partial charge < -0.3 is 15.0 Å². The van der Waals surface area contributed by atoms with Crippen molar-refractivity contribution in [2.24, 2.45) is 0 Å². The number of aromatic nitrogens is 2. The fraction of sp³-hybridized carbons (Fsp3) is 0.438. The smallest absolute Gasteiger partial charge is 0.233 e. The number of ether oxygens (including phenoxy) is 1. The summed E-state index contributed by atoms with van der Waals surface area (Å²) in [5.74, 6) is 0.456. The molecule has 134 valence electrons. The number of carbonyl (C=O) groups is 1. The fourth-order valence-electron chi connectivity index (χ4n) is 2.60. The highest BCUT2D eigenvalue weighted by Gasteiger charge is 2.25. The Hall–Kier alpha value is -1.35. The monoisotopic (exact) mass is 398 g/mol. The lowest BCUT2D eigenvalue weighted by molar-refractivity contribution is -0.140. The summed E-state index contributed by atoms with van der Waals surface area (Å²) in [6, 6.07) is 7.40. The molecule has 25 heavy (non-hydrogen) atoms. The Morgan fingerprint density at radius 1 is 1.40 bits per heavy atom. The van der Waals surface area contributed by atoms with Gasteiger partial charge in [0.05, 0.1) is 18.0 Å². The summed E-state index contributed by atoms with van der Waals surface area (Å²) in [5.41, 5.74) is 0.854. The van der Waals surface area contributed by atoms with Crippen LogP contribution < -0.4 is 5.32 Å². The standard InChI is InChI=1S/C16H19ClN4O2S2/c1-10-7-21(8-11(2)23-10)14(22)9-24-16-20-19-15(25-16)18-13-5-3-4-12(17)6-13/h3-6,10-11H,7-9H2,1-2H3,(H,18,19)/t10-,11-/m0/s1. The molecular formula is C16H19ClN4O2S2. The SMILES string of the molecule is C[C@H]1CN(C(=O)CSc2nnc(Nc3cccc(Cl)c3)s2)C[C@H](C)O1. The van der Waals surface area contributed by atoms with Crippen molar-refractivity contribution in [3.8, 4) is 0 Å². The zero-order chi connectivity index (χ0) is 17.8. The van der Waals surface area contributed by atoms with Crippen molar-refractivity contribution in [3.05, 3.63) is 29.3 Å². The van der Waals surface area contributed by atoms with Crippen LogP contribution in [0.5, 0.6) is 0 Å². The Bertz CT molecular complexity index is 732. The quantitative estimate of drug-likeness (QED) is 0.775. The molecule has 1 aromatic heterocycles. The van der Waals surface area contributed by atoms with Gasteiger partial charge in [-0.15, -0.1) is 10.2 Å². The van der Waals surface area contributed by atoms with Gasteiger partial charge in [0.15, 0.2) is 4.34 Å². The maximum Gasteiger partial charge on any atom is 0.233 e. The van der Waals surface area contributed by atoms with Crippen molar-refractivity contribution in [3.63, 3.8) is 0 Å². The van der Waals surface area contributed by atoms with Crippen LogP contribution in [-0.4, -0.2) is 52.1 Å². The number of morpholine rings is 1. The van der Waals surface area contributed by atoms with Crippen LogP contribution >= 0.6 is 34.7 Å². The number of hydrogen-bond acceptors (Lipinski definition) is 7. The van der Waals surface area contributed by atoms with E-state index in [9.17, 15) is 4.79 Å². The van der Waals surface area contributed by atoms with Gasteiger partial charge in [0.25, 0.3) is 0 Å². The van der Waals surface area contributed by atoms with Crippen LogP contribution in [-0.2, 0) is 9.53 Å². The van der Waals surface area contributed by atoms with Crippen LogP contribution in [0, 0.1) is 0 Å². The van der Waals surface area contributed by atoms with E-state index in [0.717, 1.165) is 10.0 Å². The number of carbonyl (C=O) groups excluding carboxylic acids is 1. The van der Waals surface area contributed by atoms with E-state index in [1.165, 1.54) is 23.1 Å². The molecule has 1 N–H and O–H groups in total. The number of thioether (sulfide) groups is 1. The molecule has 0 radical (unpaired) electrons. The van der Waals surface area contributed by atoms with Crippen molar-refractivity contribution in [2.75, 3.05) is 24.2 Å². The van der Waals surface area contributed by atoms with Gasteiger partial charge in [-0.2, -0.15) is 0 Å². The second-order valence-corrected chi connectivity index (χ2v) is 8.49. The Labute approximate surface area is 159 Å². The largest absolute Gasteiger partial charge is 0.372 e. The minimum atomic E-state index is 0.0766. The highest BCUT2D eigenvalue weighted by atomic mass is 35.5. The first-order valence-electron chi connectivity index (χ1n) is 7.91. The van der Waals surface area contributed by atoms with Crippen molar-refractivity contribution in [1.82, 2.24) is 15.1 Å². The molecule has 0 unspecified atom stereocenters. The minimum Gasteiger partial charge on any atom is -0.372 e. The van der Waals surface area contributed by atoms with E-state index in [1.807, 2.05) is 43.0 Å². The molecule has 1 saturated heterocycles. The van der Waals surface area contributed by atoms with Crippen molar-refractivity contribution >= 4 is 51.4 Å². The molecule has 6 nitrogen and oxygen atoms in total. The molecule has 1 aromatic carbocycles. The van der Waals surface area contributed by atoms with Gasteiger partial charge in [-0.1, -0.05) is 40.8 Å². The number of hydrogen-bond donors (Lipinski definition) is 1. The summed E-state index contributed by atoms with van der Waals surface area (Å²) >= 11 is 8.79. The molecule has 1 amide bonds. The molecule has 1 aliphatic rings. The molecule has 0 bridgehead atoms. The lowest BCUT2D eigenvalue weighted by Gasteiger charge is -2.35. The third kappa shape index (κ3) is 5.31. The van der Waals surface area contributed by atoms with E-state index in [2.05, 4.69) is 15.5 Å². The number of amides is 1. The van der Waals surface area contributed by atoms with Crippen molar-refractivity contribution in [2.45, 2.75) is 30.4 Å². The molecule has 9 heteroatoms. The molecule has 2 heterocycles. The van der Waals surface area contributed by atoms with Crippen molar-refractivity contribution in [1.29, 1.82) is 0 Å². The maximum absolute atomic E-state index is 12.4. The molecule has 0 saturated carbocycles. The zero-order valence-corrected chi connectivity index (χ0v) is 16.3. The van der Waals surface area contributed by atoms with Gasteiger partial charge in [0.1, 0.15) is 0 Å². The van der Waals surface area contributed by atoms with Crippen LogP contribution in [0.25, 0.3) is 0 Å². The number of nitrogens with zero attached hydrogens (tertiary/aromatic N) is 3. The van der Waals surface area contributed by atoms with Crippen LogP contribution in [0.1, 0.15) is 13.8 Å². The zero-order valence-electron chi connectivity index (χ0n) is 13.9. The maximum atomic E-state index is 12.4. The number of halogens is 1. The second kappa shape index (κ2) is 8.35. The topological polar surface area (TPSA) is 67.4 Å². The summed E-state index contributed by atoms with van der Waals surface area (Å²) in [5, 5.41) is 12.7. The predicted octanol–water partition coefficient (Wildman–Crippen LogP) is 3.66. The highest BCUT2D eigenvalue weighted by molar-refractivity contribution is 8.01. The van der Waals surface area contributed by atoms with Gasteiger partial charge in [-0.25, -0.2) is 0 Å². The molecular weight excluding hydrogens is 380 g/mol. The third-order valence-corrected chi connectivity index (χ3v) is 5.77. The average molecular weight is 399 g/mol. The normalized spacial score (nSPS) is 20.5. The Balaban J connectivity index is 1.52. The Morgan fingerprint density at radius 2 is 2.16 bits per heavy atom. The predicted molar refractivity (Wildman–Crippen MR) is 102 cm³/mol. The first-order chi connectivity index (χ1) is 12.0. The van der Waals surface area contributed by atoms with Crippen LogP contribution in [0.15, 0.2) is 28.6 Å². The van der Waals surface area contributed by atoms with Crippen molar-refractivity contribution < 1.29 is 9.53 Å². The van der Waals surface area contributed by atoms with E-state index in [0.29, 0.717) is 29.0 Å². The van der Waals surface area contributed by atoms with Crippen LogP contribution in [0.3, 0.4) is 0 Å². The summed E-state index contributed by atoms with van der Waals surface area (Å²) in [4.78, 5) is 14.2. The molecule has 1 aliphatic heterocycles. The van der Waals surface area contributed by atoms with E-state index < -0.39 is 0 Å². The number of nitrogens with one attached hydrogen (secondary N) is 1. The second-order valence-electron chi connectivity index (χ2n) is 5.85. The van der Waals surface area contributed by atoms with Gasteiger partial charge in [0.2, 0.25) is 11.0 Å². The lowest BCUT2D eigenvalue weighted by atomic mass is 10.2. The minimum absolute atomic E-state index is 0.0766. The third-order valence-electron chi connectivity index (χ3n) is 3.57. The Kier molecular flexibility index (Phi) is 6.16. The lowest BCUT2D eigenvalue weighted by Crippen LogP contribution is -2.48. The van der Waals surface area contributed by atoms with Gasteiger partial charge in [-0.3, -0.25) is 4.79 Å². The number of benzene rings is 1. The molecule has 0 spiro atoms. The fourth-order valence-corrected chi connectivity index (χ4v) is 4.47. The van der Waals surface area contributed by atoms with E-state index >= 15 is 0 Å². The van der Waals surface area contributed by atoms with Gasteiger partial charge >= 0.3 is 0 Å². The first kappa shape index (κ1) is 18.4. The van der Waals surface area contributed by atoms with E-state index in [-0.39, 0.29) is 18.1 Å². The van der Waals surface area contributed by atoms with Gasteiger partial charge in [0, 0.05) is 23.8 Å². The molecule has 1 fully saturated rings. The average Bonchev–Trinajstić information content (AvgIpc) is 2.99. The Morgan fingerprint density at radius 3 is 2.88 bits per heavy atom. The van der Waals surface area contributed by atoms with Gasteiger partial charge in [-0.05, 0) is 32.0 Å². The van der Waals surface area contributed by atoms with E-state index in [4.69, 9.17) is 16.3 Å². The van der Waals surface area contributed by atoms with E-state index in [1.54, 1.807) is 0 Å². The molecule has 0 aliphatic carbocycles. The summed E-state index contributed by atoms with van der Waals surface area (Å²) in [6.45, 7) is 5.26. The summed E-state index contributed by atoms with van der Waals surface area (Å²) in [7, 11) is 0. The molecule has 3 rings (SSSR count). The molecule has 2 atom stereocenters. The number of rotatable bonds is 5. The van der Waals surface area contributed by atoms with Crippen LogP contribution in [0.2, 0.25) is 5.02 Å². The highest BCUT2D eigenvalue weighted by Crippen LogP contribution is 2.28. The summed E-state index contributed by atoms with van der Waals surface area (Å²) in [6.07, 6.45) is 0.153. The summed E-state index contributed by atoms with van der Waals surface area (Å²) < 4.78 is 6.42. The molecule has 2 aromatic rings. The van der Waals surface area contributed by atoms with Crippen LogP contribution in [0.4, 0.5) is 10.8 Å². The first-order valence-corrected chi connectivity index (χ1v) is 10.1.